The van der Waals surface area contributed by atoms with Crippen LogP contribution in [0.5, 0.6) is 11.5 Å². The molecule has 1 aliphatic rings. The Labute approximate surface area is 280 Å². The van der Waals surface area contributed by atoms with Crippen molar-refractivity contribution in [1.82, 2.24) is 0 Å². The molecule has 46 heavy (non-hydrogen) atoms. The molecular weight excluding hydrogens is 627 g/mol. The fourth-order valence-corrected chi connectivity index (χ4v) is 5.03. The van der Waals surface area contributed by atoms with Crippen LogP contribution in [0.25, 0.3) is 22.3 Å². The summed E-state index contributed by atoms with van der Waals surface area (Å²) in [5.41, 5.74) is 7.42. The third kappa shape index (κ3) is 11.3. The summed E-state index contributed by atoms with van der Waals surface area (Å²) in [6, 6.07) is 28.4. The number of carboxylic acids is 2. The number of rotatable bonds is 6. The number of aromatic hydroxyl groups is 2. The third-order valence-electron chi connectivity index (χ3n) is 7.13. The van der Waals surface area contributed by atoms with Gasteiger partial charge in [-0.2, -0.15) is 0 Å². The maximum atomic E-state index is 10.7. The van der Waals surface area contributed by atoms with Gasteiger partial charge in [0.1, 0.15) is 11.5 Å². The van der Waals surface area contributed by atoms with Crippen LogP contribution in [0, 0.1) is 13.8 Å². The van der Waals surface area contributed by atoms with Crippen LogP contribution in [-0.2, 0) is 26.4 Å². The molecule has 0 bridgehead atoms. The molecule has 0 aliphatic heterocycles. The number of nitrogens with zero attached hydrogens (tertiary/aromatic N) is 2. The van der Waals surface area contributed by atoms with Crippen LogP contribution in [0.4, 0.5) is 0 Å². The van der Waals surface area contributed by atoms with Crippen molar-refractivity contribution in [2.75, 3.05) is 0 Å². The molecule has 1 aliphatic carbocycles. The average molecular weight is 666 g/mol. The van der Waals surface area contributed by atoms with E-state index < -0.39 is 11.9 Å². The zero-order valence-electron chi connectivity index (χ0n) is 26.3. The van der Waals surface area contributed by atoms with Gasteiger partial charge in [-0.3, -0.25) is 9.98 Å². The molecule has 8 nitrogen and oxygen atoms in total. The zero-order valence-corrected chi connectivity index (χ0v) is 27.3. The molecule has 1 saturated carbocycles. The number of hydrogen-bond acceptors (Lipinski definition) is 8. The fraction of sp³-hybridized carbons (Fsp3) is 0.243. The van der Waals surface area contributed by atoms with Crippen LogP contribution in [0.1, 0.15) is 55.4 Å². The minimum absolute atomic E-state index is 0. The van der Waals surface area contributed by atoms with E-state index in [0.717, 1.165) is 77.6 Å². The third-order valence-corrected chi connectivity index (χ3v) is 7.13. The van der Waals surface area contributed by atoms with Crippen molar-refractivity contribution >= 4 is 24.4 Å². The number of aryl methyl sites for hydroxylation is 2. The van der Waals surface area contributed by atoms with Crippen LogP contribution in [0.3, 0.4) is 0 Å². The van der Waals surface area contributed by atoms with Gasteiger partial charge in [0.05, 0.1) is 12.1 Å². The molecule has 4 aromatic carbocycles. The van der Waals surface area contributed by atoms with E-state index in [1.807, 2.05) is 74.5 Å². The van der Waals surface area contributed by atoms with Gasteiger partial charge in [0.15, 0.2) is 0 Å². The summed E-state index contributed by atoms with van der Waals surface area (Å²) in [5, 5.41) is 39.2. The van der Waals surface area contributed by atoms with Gasteiger partial charge in [0, 0.05) is 35.5 Å². The standard InChI is InChI=1S/C33H32N2O2.2C2H4O2.Co/c1-22-16-26(24-10-5-3-6-11-24)18-28(32(22)36)20-34-30-14-9-15-31(30)35-21-29-19-27(17-23(2)33(29)37)25-12-7-4-8-13-25;2*1-2(3)4;/h3-8,10-13,16-21,30-31,36-37H,9,14-15H2,1-2H3;2*1H3,(H,3,4);/q;;;+2/p-2. The molecule has 2 unspecified atom stereocenters. The van der Waals surface area contributed by atoms with Crippen molar-refractivity contribution in [3.05, 3.63) is 107 Å². The Morgan fingerprint density at radius 3 is 1.30 bits per heavy atom. The Balaban J connectivity index is 0.000000736. The van der Waals surface area contributed by atoms with E-state index >= 15 is 0 Å². The van der Waals surface area contributed by atoms with E-state index in [2.05, 4.69) is 24.3 Å². The van der Waals surface area contributed by atoms with Crippen molar-refractivity contribution in [1.29, 1.82) is 0 Å². The zero-order chi connectivity index (χ0) is 32.9. The molecule has 1 radical (unpaired) electrons. The van der Waals surface area contributed by atoms with E-state index in [1.54, 1.807) is 12.4 Å². The van der Waals surface area contributed by atoms with Gasteiger partial charge >= 0.3 is 16.8 Å². The maximum Gasteiger partial charge on any atom is 2.00 e. The summed E-state index contributed by atoms with van der Waals surface area (Å²) in [6.07, 6.45) is 6.54. The van der Waals surface area contributed by atoms with Crippen LogP contribution in [0.15, 0.2) is 94.9 Å². The van der Waals surface area contributed by atoms with E-state index in [4.69, 9.17) is 29.8 Å². The normalized spacial score (nSPS) is 15.3. The minimum atomic E-state index is -1.08. The predicted octanol–water partition coefficient (Wildman–Crippen LogP) is 5.02. The minimum Gasteiger partial charge on any atom is -0.550 e. The van der Waals surface area contributed by atoms with E-state index in [9.17, 15) is 10.2 Å². The molecule has 0 saturated heterocycles. The summed E-state index contributed by atoms with van der Waals surface area (Å²) in [6.45, 7) is 5.78. The number of phenols is 2. The molecule has 0 aromatic heterocycles. The predicted molar refractivity (Wildman–Crippen MR) is 175 cm³/mol. The molecular formula is C37H38CoN2O6. The van der Waals surface area contributed by atoms with Gasteiger partial charge in [-0.15, -0.1) is 0 Å². The van der Waals surface area contributed by atoms with Crippen molar-refractivity contribution in [2.45, 2.75) is 59.0 Å². The second-order valence-electron chi connectivity index (χ2n) is 10.8. The Kier molecular flexibility index (Phi) is 14.9. The quantitative estimate of drug-likeness (QED) is 0.277. The van der Waals surface area contributed by atoms with Crippen LogP contribution >= 0.6 is 0 Å². The second kappa shape index (κ2) is 18.3. The van der Waals surface area contributed by atoms with E-state index in [-0.39, 0.29) is 40.4 Å². The molecule has 9 heteroatoms. The largest absolute Gasteiger partial charge is 2.00 e. The molecule has 0 heterocycles. The van der Waals surface area contributed by atoms with Crippen molar-refractivity contribution in [3.8, 4) is 33.8 Å². The SMILES string of the molecule is CC(=O)[O-].CC(=O)[O-].Cc1cc(-c2ccccc2)cc(C=NC2CCCC2N=Cc2cc(-c3ccccc3)cc(C)c2O)c1O.[Co+2]. The number of hydrogen-bond donors (Lipinski definition) is 2. The first kappa shape index (κ1) is 37.5. The molecule has 2 atom stereocenters. The monoisotopic (exact) mass is 665 g/mol. The molecule has 4 aromatic rings. The summed E-state index contributed by atoms with van der Waals surface area (Å²) >= 11 is 0. The van der Waals surface area contributed by atoms with Gasteiger partial charge in [0.25, 0.3) is 0 Å². The van der Waals surface area contributed by atoms with Gasteiger partial charge in [0.2, 0.25) is 0 Å². The van der Waals surface area contributed by atoms with Crippen molar-refractivity contribution < 1.29 is 46.8 Å². The summed E-state index contributed by atoms with van der Waals surface area (Å²) in [5.74, 6) is -1.64. The number of aliphatic carboxylic acids is 2. The van der Waals surface area contributed by atoms with Gasteiger partial charge in [-0.1, -0.05) is 60.7 Å². The fourth-order valence-electron chi connectivity index (χ4n) is 5.03. The van der Waals surface area contributed by atoms with Gasteiger partial charge in [-0.25, -0.2) is 0 Å². The Morgan fingerprint density at radius 1 is 0.652 bits per heavy atom. The first-order chi connectivity index (χ1) is 21.5. The molecule has 0 amide bonds. The average Bonchev–Trinajstić information content (AvgIpc) is 3.46. The molecule has 0 spiro atoms. The van der Waals surface area contributed by atoms with Crippen molar-refractivity contribution in [2.24, 2.45) is 9.98 Å². The van der Waals surface area contributed by atoms with E-state index in [0.29, 0.717) is 0 Å². The number of benzene rings is 4. The molecule has 241 valence electrons. The van der Waals surface area contributed by atoms with Crippen LogP contribution in [0.2, 0.25) is 0 Å². The van der Waals surface area contributed by atoms with Crippen LogP contribution in [-0.4, -0.2) is 46.7 Å². The number of phenolic OH excluding ortho intramolecular Hbond substituents is 2. The molecule has 1 fully saturated rings. The first-order valence-electron chi connectivity index (χ1n) is 14.7. The Bertz CT molecular complexity index is 1520. The summed E-state index contributed by atoms with van der Waals surface area (Å²) < 4.78 is 0. The first-order valence-corrected chi connectivity index (χ1v) is 14.7. The summed E-state index contributed by atoms with van der Waals surface area (Å²) in [7, 11) is 0. The smallest absolute Gasteiger partial charge is 0.550 e. The topological polar surface area (TPSA) is 145 Å². The Morgan fingerprint density at radius 2 is 0.978 bits per heavy atom. The number of carbonyl (C=O) groups excluding carboxylic acids is 2. The maximum absolute atomic E-state index is 10.7. The van der Waals surface area contributed by atoms with Crippen molar-refractivity contribution in [3.63, 3.8) is 0 Å². The molecule has 5 rings (SSSR count). The number of aliphatic imine (C=N–C) groups is 2. The van der Waals surface area contributed by atoms with E-state index in [1.165, 1.54) is 0 Å². The Hall–Kier alpha value is -4.73. The second-order valence-corrected chi connectivity index (χ2v) is 10.8. The van der Waals surface area contributed by atoms with Gasteiger partial charge < -0.3 is 30.0 Å². The van der Waals surface area contributed by atoms with Crippen LogP contribution < -0.4 is 10.2 Å². The summed E-state index contributed by atoms with van der Waals surface area (Å²) in [4.78, 5) is 27.5. The number of carbonyl (C=O) groups is 2. The number of carboxylic acid groups (broad SMARTS) is 2. The van der Waals surface area contributed by atoms with Gasteiger partial charge in [-0.05, 0) is 105 Å². The molecule has 2 N–H and O–H groups in total.